The van der Waals surface area contributed by atoms with Gasteiger partial charge in [-0.1, -0.05) is 24.3 Å². The third-order valence-corrected chi connectivity index (χ3v) is 6.16. The van der Waals surface area contributed by atoms with Crippen LogP contribution >= 0.6 is 0 Å². The lowest BCUT2D eigenvalue weighted by molar-refractivity contribution is -0.142. The molecule has 0 aromatic heterocycles. The lowest BCUT2D eigenvalue weighted by Crippen LogP contribution is -2.48. The number of carbonyl (C=O) groups is 2. The highest BCUT2D eigenvalue weighted by Gasteiger charge is 2.24. The smallest absolute Gasteiger partial charge is 0.319 e. The van der Waals surface area contributed by atoms with Crippen LogP contribution in [-0.4, -0.2) is 56.6 Å². The molecule has 6 heteroatoms. The van der Waals surface area contributed by atoms with Crippen LogP contribution in [0.1, 0.15) is 29.9 Å². The van der Waals surface area contributed by atoms with E-state index in [9.17, 15) is 9.59 Å². The van der Waals surface area contributed by atoms with E-state index in [0.717, 1.165) is 50.4 Å². The number of fused-ring (bicyclic) bond motifs is 1. The maximum Gasteiger partial charge on any atom is 0.319 e. The van der Waals surface area contributed by atoms with E-state index < -0.39 is 0 Å². The van der Waals surface area contributed by atoms with Crippen molar-refractivity contribution in [3.8, 4) is 0 Å². The molecular weight excluding hydrogens is 378 g/mol. The van der Waals surface area contributed by atoms with Gasteiger partial charge in [0.25, 0.3) is 0 Å². The maximum atomic E-state index is 12.5. The Hall–Kier alpha value is -2.86. The molecule has 2 aromatic carbocycles. The summed E-state index contributed by atoms with van der Waals surface area (Å²) in [5, 5.41) is 3.05. The third kappa shape index (κ3) is 4.82. The van der Waals surface area contributed by atoms with Crippen LogP contribution in [0.25, 0.3) is 0 Å². The second-order valence-corrected chi connectivity index (χ2v) is 8.07. The molecule has 0 saturated carbocycles. The van der Waals surface area contributed by atoms with Gasteiger partial charge in [-0.3, -0.25) is 14.5 Å². The Morgan fingerprint density at radius 2 is 1.77 bits per heavy atom. The largest absolute Gasteiger partial charge is 0.468 e. The molecule has 1 amide bonds. The van der Waals surface area contributed by atoms with Crippen molar-refractivity contribution in [2.75, 3.05) is 50.1 Å². The minimum absolute atomic E-state index is 0.0703. The van der Waals surface area contributed by atoms with Crippen LogP contribution in [0, 0.1) is 0 Å². The molecular formula is C24H29N3O3. The number of nitrogens with zero attached hydrogens (tertiary/aromatic N) is 2. The van der Waals surface area contributed by atoms with E-state index in [0.29, 0.717) is 18.9 Å². The van der Waals surface area contributed by atoms with Gasteiger partial charge in [0.05, 0.1) is 13.7 Å². The molecule has 4 rings (SSSR count). The van der Waals surface area contributed by atoms with Crippen molar-refractivity contribution in [2.45, 2.75) is 25.2 Å². The summed E-state index contributed by atoms with van der Waals surface area (Å²) in [6.07, 6.45) is 2.64. The second-order valence-electron chi connectivity index (χ2n) is 8.07. The first-order chi connectivity index (χ1) is 14.6. The van der Waals surface area contributed by atoms with Gasteiger partial charge in [-0.25, -0.2) is 0 Å². The molecule has 1 heterocycles. The standard InChI is InChI=1S/C24H29N3O3/c1-30-24(29)17-26-12-14-27(15-13-26)21-10-8-20(9-11-21)25-23(28)16-19-7-6-18-4-2-3-5-22(18)19/h2-5,8-11,19H,6-7,12-17H2,1H3,(H,25,28). The van der Waals surface area contributed by atoms with Gasteiger partial charge in [0.2, 0.25) is 5.91 Å². The van der Waals surface area contributed by atoms with E-state index in [2.05, 4.69) is 51.5 Å². The zero-order valence-electron chi connectivity index (χ0n) is 17.5. The first kappa shape index (κ1) is 20.4. The number of ether oxygens (including phenoxy) is 1. The number of benzene rings is 2. The Morgan fingerprint density at radius 1 is 1.03 bits per heavy atom. The molecule has 0 bridgehead atoms. The number of hydrogen-bond donors (Lipinski definition) is 1. The van der Waals surface area contributed by atoms with E-state index in [1.165, 1.54) is 18.2 Å². The van der Waals surface area contributed by atoms with Gasteiger partial charge in [0.15, 0.2) is 0 Å². The highest BCUT2D eigenvalue weighted by Crippen LogP contribution is 2.35. The van der Waals surface area contributed by atoms with E-state index in [4.69, 9.17) is 4.74 Å². The normalized spacial score (nSPS) is 18.7. The van der Waals surface area contributed by atoms with Gasteiger partial charge in [0.1, 0.15) is 0 Å². The summed E-state index contributed by atoms with van der Waals surface area (Å²) in [6.45, 7) is 3.74. The number of nitrogens with one attached hydrogen (secondary N) is 1. The first-order valence-electron chi connectivity index (χ1n) is 10.6. The van der Waals surface area contributed by atoms with Gasteiger partial charge in [0, 0.05) is 44.0 Å². The lowest BCUT2D eigenvalue weighted by Gasteiger charge is -2.35. The molecule has 2 aliphatic rings. The van der Waals surface area contributed by atoms with Crippen molar-refractivity contribution in [2.24, 2.45) is 0 Å². The van der Waals surface area contributed by atoms with Crippen LogP contribution in [0.4, 0.5) is 11.4 Å². The van der Waals surface area contributed by atoms with Crippen molar-refractivity contribution in [1.29, 1.82) is 0 Å². The zero-order valence-corrected chi connectivity index (χ0v) is 17.5. The summed E-state index contributed by atoms with van der Waals surface area (Å²) < 4.78 is 4.74. The molecule has 1 fully saturated rings. The predicted octanol–water partition coefficient (Wildman–Crippen LogP) is 3.04. The van der Waals surface area contributed by atoms with Crippen molar-refractivity contribution in [3.63, 3.8) is 0 Å². The van der Waals surface area contributed by atoms with Crippen molar-refractivity contribution >= 4 is 23.3 Å². The Morgan fingerprint density at radius 3 is 2.50 bits per heavy atom. The quantitative estimate of drug-likeness (QED) is 0.746. The molecule has 158 valence electrons. The molecule has 1 saturated heterocycles. The molecule has 0 spiro atoms. The number of amides is 1. The van der Waals surface area contributed by atoms with E-state index in [1.54, 1.807) is 0 Å². The minimum Gasteiger partial charge on any atom is -0.468 e. The number of aryl methyl sites for hydroxylation is 1. The third-order valence-electron chi connectivity index (χ3n) is 6.16. The van der Waals surface area contributed by atoms with Crippen LogP contribution < -0.4 is 10.2 Å². The molecule has 1 aliphatic heterocycles. The van der Waals surface area contributed by atoms with Crippen molar-refractivity contribution in [1.82, 2.24) is 4.90 Å². The summed E-state index contributed by atoms with van der Waals surface area (Å²) in [6, 6.07) is 16.5. The topological polar surface area (TPSA) is 61.9 Å². The van der Waals surface area contributed by atoms with E-state index >= 15 is 0 Å². The van der Waals surface area contributed by atoms with Crippen LogP contribution in [0.15, 0.2) is 48.5 Å². The highest BCUT2D eigenvalue weighted by molar-refractivity contribution is 5.91. The number of piperazine rings is 1. The molecule has 2 aromatic rings. The molecule has 30 heavy (non-hydrogen) atoms. The number of esters is 1. The van der Waals surface area contributed by atoms with Crippen LogP contribution in [0.5, 0.6) is 0 Å². The predicted molar refractivity (Wildman–Crippen MR) is 118 cm³/mol. The molecule has 1 unspecified atom stereocenters. The molecule has 1 atom stereocenters. The van der Waals surface area contributed by atoms with Crippen molar-refractivity contribution < 1.29 is 14.3 Å². The Bertz CT molecular complexity index is 889. The maximum absolute atomic E-state index is 12.5. The summed E-state index contributed by atoms with van der Waals surface area (Å²) in [7, 11) is 1.42. The average Bonchev–Trinajstić information content (AvgIpc) is 3.17. The molecule has 1 aliphatic carbocycles. The number of rotatable bonds is 6. The minimum atomic E-state index is -0.190. The Kier molecular flexibility index (Phi) is 6.33. The van der Waals surface area contributed by atoms with Gasteiger partial charge in [-0.2, -0.15) is 0 Å². The zero-order chi connectivity index (χ0) is 20.9. The lowest BCUT2D eigenvalue weighted by atomic mass is 9.97. The number of hydrogen-bond acceptors (Lipinski definition) is 5. The fourth-order valence-electron chi connectivity index (χ4n) is 4.46. The SMILES string of the molecule is COC(=O)CN1CCN(c2ccc(NC(=O)CC3CCc4ccccc43)cc2)CC1. The summed E-state index contributed by atoms with van der Waals surface area (Å²) in [4.78, 5) is 28.4. The summed E-state index contributed by atoms with van der Waals surface area (Å²) in [5.74, 6) is 0.201. The van der Waals surface area contributed by atoms with Crippen LogP contribution in [-0.2, 0) is 20.7 Å². The van der Waals surface area contributed by atoms with Gasteiger partial charge in [-0.15, -0.1) is 0 Å². The van der Waals surface area contributed by atoms with E-state index in [1.807, 2.05) is 12.1 Å². The van der Waals surface area contributed by atoms with E-state index in [-0.39, 0.29) is 11.9 Å². The summed E-state index contributed by atoms with van der Waals surface area (Å²) in [5.41, 5.74) is 4.68. The number of anilines is 2. The fraction of sp³-hybridized carbons (Fsp3) is 0.417. The van der Waals surface area contributed by atoms with Gasteiger partial charge >= 0.3 is 5.97 Å². The second kappa shape index (κ2) is 9.30. The molecule has 6 nitrogen and oxygen atoms in total. The van der Waals surface area contributed by atoms with Crippen molar-refractivity contribution in [3.05, 3.63) is 59.7 Å². The highest BCUT2D eigenvalue weighted by atomic mass is 16.5. The Labute approximate surface area is 177 Å². The number of methoxy groups -OCH3 is 1. The average molecular weight is 408 g/mol. The molecule has 1 N–H and O–H groups in total. The fourth-order valence-corrected chi connectivity index (χ4v) is 4.46. The summed E-state index contributed by atoms with van der Waals surface area (Å²) >= 11 is 0. The van der Waals surface area contributed by atoms with Crippen LogP contribution in [0.3, 0.4) is 0 Å². The molecule has 0 radical (unpaired) electrons. The number of carbonyl (C=O) groups excluding carboxylic acids is 2. The first-order valence-corrected chi connectivity index (χ1v) is 10.6. The van der Waals surface area contributed by atoms with Gasteiger partial charge < -0.3 is 15.0 Å². The van der Waals surface area contributed by atoms with Gasteiger partial charge in [-0.05, 0) is 54.2 Å². The Balaban J connectivity index is 1.27. The van der Waals surface area contributed by atoms with Crippen LogP contribution in [0.2, 0.25) is 0 Å². The monoisotopic (exact) mass is 407 g/mol.